The first-order valence-corrected chi connectivity index (χ1v) is 5.83. The third-order valence-corrected chi connectivity index (χ3v) is 2.96. The summed E-state index contributed by atoms with van der Waals surface area (Å²) in [6.07, 6.45) is 1.80. The Balaban J connectivity index is 2.05. The molecule has 17 heavy (non-hydrogen) atoms. The van der Waals surface area contributed by atoms with Gasteiger partial charge in [-0.25, -0.2) is 4.98 Å². The van der Waals surface area contributed by atoms with E-state index < -0.39 is 0 Å². The topological polar surface area (TPSA) is 60.6 Å². The summed E-state index contributed by atoms with van der Waals surface area (Å²) in [7, 11) is 1.64. The molecule has 0 spiro atoms. The van der Waals surface area contributed by atoms with E-state index in [-0.39, 0.29) is 12.1 Å². The zero-order chi connectivity index (χ0) is 12.3. The van der Waals surface area contributed by atoms with Crippen LogP contribution in [-0.4, -0.2) is 43.9 Å². The van der Waals surface area contributed by atoms with E-state index in [1.54, 1.807) is 13.3 Å². The van der Waals surface area contributed by atoms with Crippen LogP contribution in [0.25, 0.3) is 0 Å². The summed E-state index contributed by atoms with van der Waals surface area (Å²) in [5.74, 6) is 1.71. The standard InChI is InChI=1S/C12H19N3O2/c1-9(13)11-8-15(5-6-17-11)12-4-3-10(16-2)7-14-12/h3-4,7,9,11H,5-6,8,13H2,1-2H3. The van der Waals surface area contributed by atoms with Crippen molar-refractivity contribution >= 4 is 5.82 Å². The van der Waals surface area contributed by atoms with Gasteiger partial charge < -0.3 is 20.1 Å². The van der Waals surface area contributed by atoms with Crippen LogP contribution in [0.2, 0.25) is 0 Å². The highest BCUT2D eigenvalue weighted by Crippen LogP contribution is 2.18. The monoisotopic (exact) mass is 237 g/mol. The number of nitrogens with two attached hydrogens (primary N) is 1. The van der Waals surface area contributed by atoms with Crippen molar-refractivity contribution in [3.05, 3.63) is 18.3 Å². The molecule has 2 N–H and O–H groups in total. The third kappa shape index (κ3) is 2.87. The van der Waals surface area contributed by atoms with Gasteiger partial charge in [0.2, 0.25) is 0 Å². The number of ether oxygens (including phenoxy) is 2. The molecule has 0 bridgehead atoms. The number of morpholine rings is 1. The number of aromatic nitrogens is 1. The van der Waals surface area contributed by atoms with Gasteiger partial charge in [-0.15, -0.1) is 0 Å². The lowest BCUT2D eigenvalue weighted by Gasteiger charge is -2.35. The van der Waals surface area contributed by atoms with Crippen molar-refractivity contribution < 1.29 is 9.47 Å². The van der Waals surface area contributed by atoms with E-state index in [0.29, 0.717) is 6.61 Å². The SMILES string of the molecule is COc1ccc(N2CCOC(C(C)N)C2)nc1. The molecular weight excluding hydrogens is 218 g/mol. The first kappa shape index (κ1) is 12.1. The van der Waals surface area contributed by atoms with Crippen molar-refractivity contribution in [2.75, 3.05) is 31.7 Å². The van der Waals surface area contributed by atoms with Crippen molar-refractivity contribution in [2.24, 2.45) is 5.73 Å². The fraction of sp³-hybridized carbons (Fsp3) is 0.583. The number of methoxy groups -OCH3 is 1. The summed E-state index contributed by atoms with van der Waals surface area (Å²) < 4.78 is 10.7. The molecule has 94 valence electrons. The van der Waals surface area contributed by atoms with Crippen LogP contribution >= 0.6 is 0 Å². The second kappa shape index (κ2) is 5.33. The lowest BCUT2D eigenvalue weighted by Crippen LogP contribution is -2.49. The van der Waals surface area contributed by atoms with Crippen molar-refractivity contribution in [3.63, 3.8) is 0 Å². The average Bonchev–Trinajstić information content (AvgIpc) is 2.39. The molecule has 5 heteroatoms. The second-order valence-electron chi connectivity index (χ2n) is 4.27. The molecule has 0 aromatic carbocycles. The number of nitrogens with zero attached hydrogens (tertiary/aromatic N) is 2. The number of hydrogen-bond donors (Lipinski definition) is 1. The highest BCUT2D eigenvalue weighted by atomic mass is 16.5. The predicted octanol–water partition coefficient (Wildman–Crippen LogP) is 0.643. The minimum absolute atomic E-state index is 0.0380. The van der Waals surface area contributed by atoms with Crippen LogP contribution in [-0.2, 0) is 4.74 Å². The summed E-state index contributed by atoms with van der Waals surface area (Å²) in [6, 6.07) is 3.91. The number of hydrogen-bond acceptors (Lipinski definition) is 5. The van der Waals surface area contributed by atoms with Gasteiger partial charge in [-0.1, -0.05) is 0 Å². The normalized spacial score (nSPS) is 22.3. The molecule has 0 saturated carbocycles. The highest BCUT2D eigenvalue weighted by Gasteiger charge is 2.24. The summed E-state index contributed by atoms with van der Waals surface area (Å²) in [4.78, 5) is 6.56. The zero-order valence-corrected chi connectivity index (χ0v) is 10.3. The van der Waals surface area contributed by atoms with E-state index in [1.165, 1.54) is 0 Å². The lowest BCUT2D eigenvalue weighted by atomic mass is 10.1. The van der Waals surface area contributed by atoms with Gasteiger partial charge in [-0.05, 0) is 19.1 Å². The Morgan fingerprint density at radius 2 is 2.41 bits per heavy atom. The van der Waals surface area contributed by atoms with Crippen LogP contribution in [0.5, 0.6) is 5.75 Å². The summed E-state index contributed by atoms with van der Waals surface area (Å²) in [5.41, 5.74) is 5.86. The summed E-state index contributed by atoms with van der Waals surface area (Å²) >= 11 is 0. The molecule has 2 heterocycles. The third-order valence-electron chi connectivity index (χ3n) is 2.96. The predicted molar refractivity (Wildman–Crippen MR) is 66.4 cm³/mol. The average molecular weight is 237 g/mol. The smallest absolute Gasteiger partial charge is 0.137 e. The van der Waals surface area contributed by atoms with Crippen LogP contribution in [0.15, 0.2) is 18.3 Å². The molecule has 0 amide bonds. The largest absolute Gasteiger partial charge is 0.495 e. The molecule has 1 aromatic rings. The maximum atomic E-state index is 5.86. The Hall–Kier alpha value is -1.33. The van der Waals surface area contributed by atoms with Crippen LogP contribution in [0.4, 0.5) is 5.82 Å². The van der Waals surface area contributed by atoms with E-state index in [0.717, 1.165) is 24.7 Å². The Kier molecular flexibility index (Phi) is 3.81. The zero-order valence-electron chi connectivity index (χ0n) is 10.3. The van der Waals surface area contributed by atoms with Crippen LogP contribution in [0, 0.1) is 0 Å². The molecule has 0 aliphatic carbocycles. The summed E-state index contributed by atoms with van der Waals surface area (Å²) in [6.45, 7) is 4.30. The van der Waals surface area contributed by atoms with E-state index in [9.17, 15) is 0 Å². The fourth-order valence-electron chi connectivity index (χ4n) is 1.88. The Bertz CT molecular complexity index is 353. The molecule has 5 nitrogen and oxygen atoms in total. The van der Waals surface area contributed by atoms with Gasteiger partial charge in [0.1, 0.15) is 11.6 Å². The van der Waals surface area contributed by atoms with Gasteiger partial charge in [0.15, 0.2) is 0 Å². The molecule has 2 atom stereocenters. The van der Waals surface area contributed by atoms with Crippen molar-refractivity contribution in [2.45, 2.75) is 19.1 Å². The molecule has 2 unspecified atom stereocenters. The maximum absolute atomic E-state index is 5.86. The molecule has 1 saturated heterocycles. The summed E-state index contributed by atoms with van der Waals surface area (Å²) in [5, 5.41) is 0. The Morgan fingerprint density at radius 3 is 3.00 bits per heavy atom. The quantitative estimate of drug-likeness (QED) is 0.836. The van der Waals surface area contributed by atoms with Crippen LogP contribution < -0.4 is 15.4 Å². The van der Waals surface area contributed by atoms with E-state index in [2.05, 4.69) is 9.88 Å². The van der Waals surface area contributed by atoms with Gasteiger partial charge >= 0.3 is 0 Å². The van der Waals surface area contributed by atoms with Gasteiger partial charge in [-0.3, -0.25) is 0 Å². The number of pyridine rings is 1. The first-order valence-electron chi connectivity index (χ1n) is 5.83. The minimum atomic E-state index is 0.0380. The van der Waals surface area contributed by atoms with Crippen molar-refractivity contribution in [1.82, 2.24) is 4.98 Å². The van der Waals surface area contributed by atoms with Gasteiger partial charge in [0, 0.05) is 19.1 Å². The molecule has 2 rings (SSSR count). The van der Waals surface area contributed by atoms with Gasteiger partial charge in [-0.2, -0.15) is 0 Å². The lowest BCUT2D eigenvalue weighted by molar-refractivity contribution is 0.0273. The molecule has 1 aromatic heterocycles. The Morgan fingerprint density at radius 1 is 1.59 bits per heavy atom. The number of anilines is 1. The van der Waals surface area contributed by atoms with Crippen LogP contribution in [0.3, 0.4) is 0 Å². The van der Waals surface area contributed by atoms with Crippen molar-refractivity contribution in [1.29, 1.82) is 0 Å². The molecule has 1 aliphatic heterocycles. The van der Waals surface area contributed by atoms with Crippen LogP contribution in [0.1, 0.15) is 6.92 Å². The molecule has 1 fully saturated rings. The van der Waals surface area contributed by atoms with Gasteiger partial charge in [0.25, 0.3) is 0 Å². The van der Waals surface area contributed by atoms with Gasteiger partial charge in [0.05, 0.1) is 26.0 Å². The fourth-order valence-corrected chi connectivity index (χ4v) is 1.88. The second-order valence-corrected chi connectivity index (χ2v) is 4.27. The first-order chi connectivity index (χ1) is 8.20. The highest BCUT2D eigenvalue weighted by molar-refractivity contribution is 5.41. The molecule has 1 aliphatic rings. The Labute approximate surface area is 102 Å². The molecule has 0 radical (unpaired) electrons. The minimum Gasteiger partial charge on any atom is -0.495 e. The maximum Gasteiger partial charge on any atom is 0.137 e. The van der Waals surface area contributed by atoms with E-state index in [4.69, 9.17) is 15.2 Å². The van der Waals surface area contributed by atoms with E-state index in [1.807, 2.05) is 19.1 Å². The molecular formula is C12H19N3O2. The number of rotatable bonds is 3. The van der Waals surface area contributed by atoms with Crippen molar-refractivity contribution in [3.8, 4) is 5.75 Å². The van der Waals surface area contributed by atoms with E-state index >= 15 is 0 Å².